The van der Waals surface area contributed by atoms with Gasteiger partial charge in [0, 0.05) is 49.9 Å². The van der Waals surface area contributed by atoms with Gasteiger partial charge in [-0.05, 0) is 25.3 Å². The van der Waals surface area contributed by atoms with Gasteiger partial charge in [-0.25, -0.2) is 14.4 Å². The van der Waals surface area contributed by atoms with Crippen molar-refractivity contribution < 1.29 is 9.13 Å². The Morgan fingerprint density at radius 3 is 2.96 bits per heavy atom. The summed E-state index contributed by atoms with van der Waals surface area (Å²) in [5.41, 5.74) is 3.92. The van der Waals surface area contributed by atoms with E-state index < -0.39 is 0 Å². The highest BCUT2D eigenvalue weighted by Gasteiger charge is 2.21. The molecule has 0 aliphatic carbocycles. The lowest BCUT2D eigenvalue weighted by atomic mass is 10.0. The van der Waals surface area contributed by atoms with Crippen molar-refractivity contribution >= 4 is 5.71 Å². The van der Waals surface area contributed by atoms with Crippen molar-refractivity contribution in [2.75, 3.05) is 20.2 Å². The van der Waals surface area contributed by atoms with Gasteiger partial charge in [-0.15, -0.1) is 0 Å². The summed E-state index contributed by atoms with van der Waals surface area (Å²) in [5, 5.41) is 0. The minimum atomic E-state index is -0.275. The minimum absolute atomic E-state index is 0.275. The lowest BCUT2D eigenvalue weighted by Gasteiger charge is -2.28. The van der Waals surface area contributed by atoms with Gasteiger partial charge in [-0.1, -0.05) is 12.1 Å². The van der Waals surface area contributed by atoms with Gasteiger partial charge < -0.3 is 4.74 Å². The highest BCUT2D eigenvalue weighted by molar-refractivity contribution is 5.97. The second kappa shape index (κ2) is 7.50. The zero-order valence-electron chi connectivity index (χ0n) is 15.0. The molecule has 0 saturated heterocycles. The van der Waals surface area contributed by atoms with Gasteiger partial charge in [0.15, 0.2) is 17.4 Å². The summed E-state index contributed by atoms with van der Waals surface area (Å²) in [7, 11) is 1.49. The number of halogens is 1. The van der Waals surface area contributed by atoms with Crippen LogP contribution in [0.4, 0.5) is 4.39 Å². The molecule has 1 aromatic heterocycles. The van der Waals surface area contributed by atoms with Gasteiger partial charge in [0.25, 0.3) is 0 Å². The van der Waals surface area contributed by atoms with E-state index in [1.807, 2.05) is 18.3 Å². The normalized spacial score (nSPS) is 17.5. The first-order valence-corrected chi connectivity index (χ1v) is 9.17. The van der Waals surface area contributed by atoms with Crippen LogP contribution in [0.3, 0.4) is 0 Å². The first kappa shape index (κ1) is 17.1. The van der Waals surface area contributed by atoms with Crippen LogP contribution in [0.25, 0.3) is 0 Å². The summed E-state index contributed by atoms with van der Waals surface area (Å²) in [6.07, 6.45) is 6.07. The predicted molar refractivity (Wildman–Crippen MR) is 98.1 cm³/mol. The highest BCUT2D eigenvalue weighted by atomic mass is 19.1. The molecule has 4 rings (SSSR count). The third-order valence-electron chi connectivity index (χ3n) is 5.05. The topological polar surface area (TPSA) is 50.6 Å². The number of methoxy groups -OCH3 is 1. The van der Waals surface area contributed by atoms with Crippen LogP contribution in [0, 0.1) is 5.82 Å². The van der Waals surface area contributed by atoms with E-state index in [0.29, 0.717) is 17.9 Å². The summed E-state index contributed by atoms with van der Waals surface area (Å²) in [6.45, 7) is 3.03. The molecular weight excluding hydrogens is 331 g/mol. The molecule has 0 radical (unpaired) electrons. The van der Waals surface area contributed by atoms with Crippen molar-refractivity contribution in [3.05, 3.63) is 52.9 Å². The fourth-order valence-electron chi connectivity index (χ4n) is 3.61. The Morgan fingerprint density at radius 2 is 2.15 bits per heavy atom. The van der Waals surface area contributed by atoms with Gasteiger partial charge in [-0.2, -0.15) is 0 Å². The summed E-state index contributed by atoms with van der Waals surface area (Å²) in [4.78, 5) is 16.1. The summed E-state index contributed by atoms with van der Waals surface area (Å²) >= 11 is 0. The standard InChI is InChI=1S/C20H23FN4O/c1-26-18-7-4-5-14(19(18)21)12-25-10-8-16-15(13-25)11-23-20(24-16)17-6-2-3-9-22-17/h4-5,7,11H,2-3,6,8-10,12-13H2,1H3. The Balaban J connectivity index is 1.49. The number of nitrogens with zero attached hydrogens (tertiary/aromatic N) is 4. The maximum absolute atomic E-state index is 14.4. The second-order valence-electron chi connectivity index (χ2n) is 6.85. The quantitative estimate of drug-likeness (QED) is 0.846. The minimum Gasteiger partial charge on any atom is -0.494 e. The molecule has 5 nitrogen and oxygen atoms in total. The molecule has 2 aromatic rings. The van der Waals surface area contributed by atoms with Crippen LogP contribution in [0.1, 0.15) is 41.9 Å². The summed E-state index contributed by atoms with van der Waals surface area (Å²) < 4.78 is 19.5. The Morgan fingerprint density at radius 1 is 1.23 bits per heavy atom. The van der Waals surface area contributed by atoms with Crippen LogP contribution in [0.15, 0.2) is 29.4 Å². The van der Waals surface area contributed by atoms with Crippen molar-refractivity contribution in [1.82, 2.24) is 14.9 Å². The van der Waals surface area contributed by atoms with Crippen molar-refractivity contribution in [2.45, 2.75) is 38.8 Å². The SMILES string of the molecule is COc1cccc(CN2CCc3nc(C4=NCCCC4)ncc3C2)c1F. The molecule has 6 heteroatoms. The lowest BCUT2D eigenvalue weighted by molar-refractivity contribution is 0.238. The van der Waals surface area contributed by atoms with Crippen LogP contribution >= 0.6 is 0 Å². The fourth-order valence-corrected chi connectivity index (χ4v) is 3.61. The molecular formula is C20H23FN4O. The van der Waals surface area contributed by atoms with E-state index in [1.54, 1.807) is 6.07 Å². The van der Waals surface area contributed by atoms with E-state index in [9.17, 15) is 4.39 Å². The molecule has 0 fully saturated rings. The molecule has 0 atom stereocenters. The number of rotatable bonds is 4. The molecule has 136 valence electrons. The first-order valence-electron chi connectivity index (χ1n) is 9.17. The smallest absolute Gasteiger partial charge is 0.173 e. The molecule has 0 saturated carbocycles. The van der Waals surface area contributed by atoms with E-state index in [1.165, 1.54) is 13.5 Å². The van der Waals surface area contributed by atoms with Crippen molar-refractivity contribution in [2.24, 2.45) is 4.99 Å². The van der Waals surface area contributed by atoms with Gasteiger partial charge in [-0.3, -0.25) is 9.89 Å². The Hall–Kier alpha value is -2.34. The number of aromatic nitrogens is 2. The van der Waals surface area contributed by atoms with Gasteiger partial charge in [0.05, 0.1) is 18.5 Å². The van der Waals surface area contributed by atoms with Crippen molar-refractivity contribution in [1.29, 1.82) is 0 Å². The number of aliphatic imine (C=N–C) groups is 1. The van der Waals surface area contributed by atoms with Crippen LogP contribution < -0.4 is 4.74 Å². The van der Waals surface area contributed by atoms with E-state index in [4.69, 9.17) is 9.72 Å². The van der Waals surface area contributed by atoms with Crippen LogP contribution in [-0.4, -0.2) is 40.8 Å². The maximum atomic E-state index is 14.4. The molecule has 0 spiro atoms. The van der Waals surface area contributed by atoms with Crippen LogP contribution in [-0.2, 0) is 19.5 Å². The largest absolute Gasteiger partial charge is 0.494 e. The number of fused-ring (bicyclic) bond motifs is 1. The monoisotopic (exact) mass is 354 g/mol. The second-order valence-corrected chi connectivity index (χ2v) is 6.85. The molecule has 1 aromatic carbocycles. The van der Waals surface area contributed by atoms with E-state index in [2.05, 4.69) is 14.9 Å². The molecule has 0 N–H and O–H groups in total. The van der Waals surface area contributed by atoms with Gasteiger partial charge >= 0.3 is 0 Å². The number of hydrogen-bond donors (Lipinski definition) is 0. The van der Waals surface area contributed by atoms with Gasteiger partial charge in [0.2, 0.25) is 0 Å². The number of ether oxygens (including phenoxy) is 1. The third-order valence-corrected chi connectivity index (χ3v) is 5.05. The van der Waals surface area contributed by atoms with Crippen LogP contribution in [0.5, 0.6) is 5.75 Å². The molecule has 2 aliphatic heterocycles. The van der Waals surface area contributed by atoms with Crippen molar-refractivity contribution in [3.63, 3.8) is 0 Å². The zero-order chi connectivity index (χ0) is 17.9. The molecule has 0 unspecified atom stereocenters. The highest BCUT2D eigenvalue weighted by Crippen LogP contribution is 2.24. The van der Waals surface area contributed by atoms with Crippen LogP contribution in [0.2, 0.25) is 0 Å². The lowest BCUT2D eigenvalue weighted by Crippen LogP contribution is -2.31. The molecule has 3 heterocycles. The fraction of sp³-hybridized carbons (Fsp3) is 0.450. The molecule has 2 aliphatic rings. The molecule has 0 bridgehead atoms. The Labute approximate surface area is 152 Å². The Bertz CT molecular complexity index is 837. The average Bonchev–Trinajstić information content (AvgIpc) is 2.70. The van der Waals surface area contributed by atoms with Gasteiger partial charge in [0.1, 0.15) is 0 Å². The predicted octanol–water partition coefficient (Wildman–Crippen LogP) is 3.16. The zero-order valence-corrected chi connectivity index (χ0v) is 15.0. The molecule has 0 amide bonds. The average molecular weight is 354 g/mol. The third kappa shape index (κ3) is 3.46. The maximum Gasteiger partial charge on any atom is 0.173 e. The number of hydrogen-bond acceptors (Lipinski definition) is 5. The van der Waals surface area contributed by atoms with Crippen molar-refractivity contribution in [3.8, 4) is 5.75 Å². The summed E-state index contributed by atoms with van der Waals surface area (Å²) in [6, 6.07) is 5.29. The van der Waals surface area contributed by atoms with E-state index >= 15 is 0 Å². The Kier molecular flexibility index (Phi) is 4.93. The van der Waals surface area contributed by atoms with E-state index in [0.717, 1.165) is 61.7 Å². The number of benzene rings is 1. The molecule has 26 heavy (non-hydrogen) atoms. The first-order chi connectivity index (χ1) is 12.7. The van der Waals surface area contributed by atoms with E-state index in [-0.39, 0.29) is 5.82 Å². The summed E-state index contributed by atoms with van der Waals surface area (Å²) in [5.74, 6) is 0.805.